The molecule has 3 N–H and O–H groups in total. The first-order chi connectivity index (χ1) is 8.56. The molecule has 2 heterocycles. The van der Waals surface area contributed by atoms with E-state index in [1.165, 1.54) is 6.07 Å². The first-order valence-electron chi connectivity index (χ1n) is 5.92. The van der Waals surface area contributed by atoms with Gasteiger partial charge in [-0.3, -0.25) is 10.1 Å². The second-order valence-electron chi connectivity index (χ2n) is 4.58. The van der Waals surface area contributed by atoms with Gasteiger partial charge in [0.25, 0.3) is 0 Å². The lowest BCUT2D eigenvalue weighted by Gasteiger charge is -2.29. The van der Waals surface area contributed by atoms with Gasteiger partial charge < -0.3 is 16.0 Å². The highest BCUT2D eigenvalue weighted by Crippen LogP contribution is 2.22. The molecule has 1 saturated heterocycles. The fourth-order valence-electron chi connectivity index (χ4n) is 2.06. The van der Waals surface area contributed by atoms with E-state index in [-0.39, 0.29) is 11.5 Å². The fourth-order valence-corrected chi connectivity index (χ4v) is 2.06. The van der Waals surface area contributed by atoms with Gasteiger partial charge in [0.15, 0.2) is 0 Å². The summed E-state index contributed by atoms with van der Waals surface area (Å²) in [7, 11) is 2.10. The Kier molecular flexibility index (Phi) is 3.61. The predicted octanol–water partition coefficient (Wildman–Crippen LogP) is 1.08. The molecule has 7 nitrogen and oxygen atoms in total. The molecule has 0 spiro atoms. The number of nitrogen functional groups attached to an aromatic ring is 1. The molecule has 0 unspecified atom stereocenters. The molecule has 18 heavy (non-hydrogen) atoms. The Morgan fingerprint density at radius 2 is 2.17 bits per heavy atom. The molecule has 1 aromatic rings. The van der Waals surface area contributed by atoms with Gasteiger partial charge in [-0.2, -0.15) is 0 Å². The number of hydrogen-bond acceptors (Lipinski definition) is 6. The van der Waals surface area contributed by atoms with Crippen LogP contribution in [0.25, 0.3) is 0 Å². The molecule has 7 heteroatoms. The minimum atomic E-state index is -0.526. The smallest absolute Gasteiger partial charge is 0.311 e. The minimum Gasteiger partial charge on any atom is -0.378 e. The van der Waals surface area contributed by atoms with Crippen molar-refractivity contribution in [2.45, 2.75) is 18.9 Å². The number of piperidine rings is 1. The van der Waals surface area contributed by atoms with Crippen LogP contribution in [-0.2, 0) is 0 Å². The van der Waals surface area contributed by atoms with Crippen LogP contribution in [0, 0.1) is 10.1 Å². The lowest BCUT2D eigenvalue weighted by molar-refractivity contribution is -0.384. The van der Waals surface area contributed by atoms with E-state index in [4.69, 9.17) is 5.73 Å². The maximum Gasteiger partial charge on any atom is 0.311 e. The molecule has 0 aliphatic carbocycles. The van der Waals surface area contributed by atoms with E-state index >= 15 is 0 Å². The molecule has 1 aliphatic heterocycles. The van der Waals surface area contributed by atoms with E-state index in [0.717, 1.165) is 25.9 Å². The van der Waals surface area contributed by atoms with E-state index in [9.17, 15) is 10.1 Å². The maximum absolute atomic E-state index is 10.6. The number of hydrogen-bond donors (Lipinski definition) is 2. The number of nitrogens with zero attached hydrogens (tertiary/aromatic N) is 3. The van der Waals surface area contributed by atoms with Crippen molar-refractivity contribution in [3.8, 4) is 0 Å². The van der Waals surface area contributed by atoms with Gasteiger partial charge in [0.1, 0.15) is 5.82 Å². The van der Waals surface area contributed by atoms with Gasteiger partial charge in [0.2, 0.25) is 5.82 Å². The molecule has 0 radical (unpaired) electrons. The average molecular weight is 251 g/mol. The molecule has 1 aliphatic rings. The molecular weight excluding hydrogens is 234 g/mol. The van der Waals surface area contributed by atoms with Crippen LogP contribution in [0.3, 0.4) is 0 Å². The number of pyridine rings is 1. The van der Waals surface area contributed by atoms with Crippen molar-refractivity contribution in [2.75, 3.05) is 31.2 Å². The van der Waals surface area contributed by atoms with Crippen molar-refractivity contribution in [1.29, 1.82) is 0 Å². The largest absolute Gasteiger partial charge is 0.378 e. The van der Waals surface area contributed by atoms with Gasteiger partial charge >= 0.3 is 5.69 Å². The minimum absolute atomic E-state index is 0.0436. The summed E-state index contributed by atoms with van der Waals surface area (Å²) in [6.07, 6.45) is 2.07. The monoisotopic (exact) mass is 251 g/mol. The average Bonchev–Trinajstić information content (AvgIpc) is 2.32. The SMILES string of the molecule is CN1CCC(Nc2ccc([N+](=O)[O-])c(N)n2)CC1. The predicted molar refractivity (Wildman–Crippen MR) is 69.4 cm³/mol. The van der Waals surface area contributed by atoms with Crippen molar-refractivity contribution < 1.29 is 4.92 Å². The summed E-state index contributed by atoms with van der Waals surface area (Å²) < 4.78 is 0. The van der Waals surface area contributed by atoms with Crippen molar-refractivity contribution >= 4 is 17.3 Å². The molecule has 0 bridgehead atoms. The van der Waals surface area contributed by atoms with Gasteiger partial charge in [0, 0.05) is 12.1 Å². The van der Waals surface area contributed by atoms with Crippen LogP contribution in [0.2, 0.25) is 0 Å². The molecule has 0 amide bonds. The van der Waals surface area contributed by atoms with Crippen molar-refractivity contribution in [1.82, 2.24) is 9.88 Å². The summed E-state index contributed by atoms with van der Waals surface area (Å²) in [4.78, 5) is 16.4. The Hall–Kier alpha value is -1.89. The topological polar surface area (TPSA) is 97.3 Å². The Labute approximate surface area is 105 Å². The quantitative estimate of drug-likeness (QED) is 0.616. The second kappa shape index (κ2) is 5.18. The zero-order chi connectivity index (χ0) is 13.1. The van der Waals surface area contributed by atoms with Gasteiger partial charge in [0.05, 0.1) is 4.92 Å². The number of nitro groups is 1. The zero-order valence-corrected chi connectivity index (χ0v) is 10.3. The first-order valence-corrected chi connectivity index (χ1v) is 5.92. The van der Waals surface area contributed by atoms with Crippen LogP contribution in [0.15, 0.2) is 12.1 Å². The summed E-state index contributed by atoms with van der Waals surface area (Å²) in [6.45, 7) is 2.08. The lowest BCUT2D eigenvalue weighted by atomic mass is 10.1. The molecular formula is C11H17N5O2. The fraction of sp³-hybridized carbons (Fsp3) is 0.545. The highest BCUT2D eigenvalue weighted by Gasteiger charge is 2.18. The number of rotatable bonds is 3. The van der Waals surface area contributed by atoms with Crippen LogP contribution < -0.4 is 11.1 Å². The third kappa shape index (κ3) is 2.86. The lowest BCUT2D eigenvalue weighted by Crippen LogP contribution is -2.36. The Balaban J connectivity index is 2.02. The Morgan fingerprint density at radius 1 is 1.50 bits per heavy atom. The van der Waals surface area contributed by atoms with Crippen LogP contribution in [-0.4, -0.2) is 41.0 Å². The number of likely N-dealkylation sites (tertiary alicyclic amines) is 1. The standard InChI is InChI=1S/C11H17N5O2/c1-15-6-4-8(5-7-15)13-10-3-2-9(16(17)18)11(12)14-10/h2-3,8H,4-7H2,1H3,(H3,12,13,14). The number of anilines is 2. The van der Waals surface area contributed by atoms with Crippen LogP contribution in [0.5, 0.6) is 0 Å². The summed E-state index contributed by atoms with van der Waals surface area (Å²) in [6, 6.07) is 3.35. The third-order valence-corrected chi connectivity index (χ3v) is 3.17. The van der Waals surface area contributed by atoms with Crippen molar-refractivity contribution in [2.24, 2.45) is 0 Å². The number of aromatic nitrogens is 1. The molecule has 0 aromatic carbocycles. The van der Waals surface area contributed by atoms with Gasteiger partial charge in [-0.1, -0.05) is 0 Å². The summed E-state index contributed by atoms with van der Waals surface area (Å²) >= 11 is 0. The Bertz CT molecular complexity index is 443. The highest BCUT2D eigenvalue weighted by molar-refractivity contribution is 5.57. The summed E-state index contributed by atoms with van der Waals surface area (Å²) in [5.41, 5.74) is 5.40. The van der Waals surface area contributed by atoms with E-state index in [2.05, 4.69) is 22.2 Å². The van der Waals surface area contributed by atoms with Gasteiger partial charge in [-0.25, -0.2) is 4.98 Å². The second-order valence-corrected chi connectivity index (χ2v) is 4.58. The van der Waals surface area contributed by atoms with E-state index in [0.29, 0.717) is 11.9 Å². The highest BCUT2D eigenvalue weighted by atomic mass is 16.6. The van der Waals surface area contributed by atoms with E-state index in [1.54, 1.807) is 6.07 Å². The zero-order valence-electron chi connectivity index (χ0n) is 10.3. The number of nitrogens with two attached hydrogens (primary N) is 1. The van der Waals surface area contributed by atoms with E-state index < -0.39 is 4.92 Å². The van der Waals surface area contributed by atoms with Crippen LogP contribution in [0.4, 0.5) is 17.3 Å². The van der Waals surface area contributed by atoms with Crippen molar-refractivity contribution in [3.05, 3.63) is 22.2 Å². The Morgan fingerprint density at radius 3 is 2.72 bits per heavy atom. The molecule has 1 aromatic heterocycles. The van der Waals surface area contributed by atoms with Crippen molar-refractivity contribution in [3.63, 3.8) is 0 Å². The molecule has 0 atom stereocenters. The van der Waals surface area contributed by atoms with Crippen LogP contribution >= 0.6 is 0 Å². The summed E-state index contributed by atoms with van der Waals surface area (Å²) in [5, 5.41) is 13.9. The molecule has 2 rings (SSSR count). The normalized spacial score (nSPS) is 17.6. The molecule has 0 saturated carbocycles. The number of nitrogens with one attached hydrogen (secondary N) is 1. The molecule has 98 valence electrons. The maximum atomic E-state index is 10.6. The van der Waals surface area contributed by atoms with Gasteiger partial charge in [-0.05, 0) is 39.0 Å². The summed E-state index contributed by atoms with van der Waals surface area (Å²) in [5.74, 6) is 0.561. The van der Waals surface area contributed by atoms with Crippen LogP contribution in [0.1, 0.15) is 12.8 Å². The van der Waals surface area contributed by atoms with Gasteiger partial charge in [-0.15, -0.1) is 0 Å². The van der Waals surface area contributed by atoms with E-state index in [1.807, 2.05) is 0 Å². The first kappa shape index (κ1) is 12.6. The molecule has 1 fully saturated rings. The third-order valence-electron chi connectivity index (χ3n) is 3.17.